The Morgan fingerprint density at radius 1 is 1.26 bits per heavy atom. The van der Waals surface area contributed by atoms with E-state index in [9.17, 15) is 4.39 Å². The summed E-state index contributed by atoms with van der Waals surface area (Å²) in [6, 6.07) is 8.48. The molecular formula is C14H14FN3S. The van der Waals surface area contributed by atoms with Crippen LogP contribution in [0.3, 0.4) is 0 Å². The van der Waals surface area contributed by atoms with Gasteiger partial charge in [0.1, 0.15) is 10.8 Å². The number of hydrogen-bond acceptors (Lipinski definition) is 3. The van der Waals surface area contributed by atoms with E-state index >= 15 is 0 Å². The molecule has 0 unspecified atom stereocenters. The molecule has 5 heteroatoms. The van der Waals surface area contributed by atoms with E-state index in [1.807, 2.05) is 26.0 Å². The van der Waals surface area contributed by atoms with Crippen LogP contribution in [0.15, 0.2) is 30.3 Å². The SMILES string of the molecule is Cc1ccc(Nc2ccc(C(N)=S)c(F)c2)c(C)n1. The van der Waals surface area contributed by atoms with Gasteiger partial charge in [-0.15, -0.1) is 0 Å². The standard InChI is InChI=1S/C14H14FN3S/c1-8-3-6-13(9(2)17-8)18-10-4-5-11(14(16)19)12(15)7-10/h3-7,18H,1-2H3,(H2,16,19). The van der Waals surface area contributed by atoms with Crippen molar-refractivity contribution in [1.82, 2.24) is 4.98 Å². The van der Waals surface area contributed by atoms with Gasteiger partial charge in [-0.05, 0) is 44.2 Å². The smallest absolute Gasteiger partial charge is 0.135 e. The molecule has 0 aliphatic heterocycles. The molecule has 0 saturated carbocycles. The minimum atomic E-state index is -0.435. The molecule has 1 aromatic heterocycles. The van der Waals surface area contributed by atoms with Crippen molar-refractivity contribution in [3.05, 3.63) is 53.1 Å². The van der Waals surface area contributed by atoms with Crippen LogP contribution in [0, 0.1) is 19.7 Å². The van der Waals surface area contributed by atoms with Crippen LogP contribution in [0.1, 0.15) is 17.0 Å². The van der Waals surface area contributed by atoms with E-state index in [0.717, 1.165) is 17.1 Å². The van der Waals surface area contributed by atoms with Crippen molar-refractivity contribution in [3.63, 3.8) is 0 Å². The summed E-state index contributed by atoms with van der Waals surface area (Å²) in [5.41, 5.74) is 8.94. The summed E-state index contributed by atoms with van der Waals surface area (Å²) >= 11 is 4.77. The first-order chi connectivity index (χ1) is 8.97. The van der Waals surface area contributed by atoms with Crippen LogP contribution < -0.4 is 11.1 Å². The molecule has 2 aromatic rings. The Morgan fingerprint density at radius 3 is 2.58 bits per heavy atom. The lowest BCUT2D eigenvalue weighted by molar-refractivity contribution is 0.626. The molecule has 0 bridgehead atoms. The summed E-state index contributed by atoms with van der Waals surface area (Å²) in [6.45, 7) is 3.82. The first-order valence-corrected chi connectivity index (χ1v) is 6.19. The number of anilines is 2. The van der Waals surface area contributed by atoms with Crippen LogP contribution in [-0.2, 0) is 0 Å². The normalized spacial score (nSPS) is 10.3. The van der Waals surface area contributed by atoms with E-state index in [2.05, 4.69) is 10.3 Å². The molecule has 0 radical (unpaired) electrons. The van der Waals surface area contributed by atoms with E-state index in [0.29, 0.717) is 5.69 Å². The second-order valence-corrected chi connectivity index (χ2v) is 4.71. The first-order valence-electron chi connectivity index (χ1n) is 5.78. The number of hydrogen-bond donors (Lipinski definition) is 2. The molecule has 3 N–H and O–H groups in total. The molecule has 0 spiro atoms. The van der Waals surface area contributed by atoms with Gasteiger partial charge in [0.15, 0.2) is 0 Å². The molecule has 1 aromatic carbocycles. The fourth-order valence-corrected chi connectivity index (χ4v) is 1.93. The van der Waals surface area contributed by atoms with E-state index < -0.39 is 5.82 Å². The maximum atomic E-state index is 13.7. The third-order valence-electron chi connectivity index (χ3n) is 2.74. The molecular weight excluding hydrogens is 261 g/mol. The lowest BCUT2D eigenvalue weighted by atomic mass is 10.2. The predicted molar refractivity (Wildman–Crippen MR) is 79.3 cm³/mol. The second-order valence-electron chi connectivity index (χ2n) is 4.27. The van der Waals surface area contributed by atoms with Crippen LogP contribution in [0.2, 0.25) is 0 Å². The molecule has 0 fully saturated rings. The van der Waals surface area contributed by atoms with Crippen molar-refractivity contribution < 1.29 is 4.39 Å². The maximum absolute atomic E-state index is 13.7. The van der Waals surface area contributed by atoms with Crippen molar-refractivity contribution in [1.29, 1.82) is 0 Å². The highest BCUT2D eigenvalue weighted by atomic mass is 32.1. The Bertz CT molecular complexity index is 641. The van der Waals surface area contributed by atoms with Crippen molar-refractivity contribution in [3.8, 4) is 0 Å². The topological polar surface area (TPSA) is 50.9 Å². The quantitative estimate of drug-likeness (QED) is 0.845. The van der Waals surface area contributed by atoms with Gasteiger partial charge in [-0.25, -0.2) is 4.39 Å². The molecule has 0 atom stereocenters. The first kappa shape index (κ1) is 13.4. The van der Waals surface area contributed by atoms with E-state index in [4.69, 9.17) is 18.0 Å². The summed E-state index contributed by atoms with van der Waals surface area (Å²) < 4.78 is 13.7. The minimum absolute atomic E-state index is 0.0530. The Hall–Kier alpha value is -2.01. The maximum Gasteiger partial charge on any atom is 0.135 e. The summed E-state index contributed by atoms with van der Waals surface area (Å²) in [5.74, 6) is -0.435. The zero-order chi connectivity index (χ0) is 14.0. The molecule has 2 rings (SSSR count). The zero-order valence-electron chi connectivity index (χ0n) is 10.7. The highest BCUT2D eigenvalue weighted by Gasteiger charge is 2.07. The Kier molecular flexibility index (Phi) is 3.76. The molecule has 98 valence electrons. The molecule has 0 saturated heterocycles. The van der Waals surface area contributed by atoms with Crippen molar-refractivity contribution in [2.75, 3.05) is 5.32 Å². The second kappa shape index (κ2) is 5.32. The van der Waals surface area contributed by atoms with Crippen molar-refractivity contribution in [2.24, 2.45) is 5.73 Å². The number of aromatic nitrogens is 1. The highest BCUT2D eigenvalue weighted by molar-refractivity contribution is 7.80. The molecule has 1 heterocycles. The van der Waals surface area contributed by atoms with Crippen LogP contribution in [0.25, 0.3) is 0 Å². The van der Waals surface area contributed by atoms with Gasteiger partial charge in [0.05, 0.1) is 11.4 Å². The number of nitrogens with two attached hydrogens (primary N) is 1. The van der Waals surface area contributed by atoms with E-state index in [1.54, 1.807) is 12.1 Å². The van der Waals surface area contributed by atoms with Gasteiger partial charge in [-0.1, -0.05) is 12.2 Å². The number of thiocarbonyl (C=S) groups is 1. The third kappa shape index (κ3) is 3.06. The summed E-state index contributed by atoms with van der Waals surface area (Å²) in [7, 11) is 0. The summed E-state index contributed by atoms with van der Waals surface area (Å²) in [5, 5.41) is 3.12. The van der Waals surface area contributed by atoms with Crippen molar-refractivity contribution in [2.45, 2.75) is 13.8 Å². The number of halogens is 1. The van der Waals surface area contributed by atoms with Gasteiger partial charge in [-0.2, -0.15) is 0 Å². The zero-order valence-corrected chi connectivity index (χ0v) is 11.5. The lowest BCUT2D eigenvalue weighted by Gasteiger charge is -2.10. The number of aryl methyl sites for hydroxylation is 2. The van der Waals surface area contributed by atoms with Gasteiger partial charge in [0, 0.05) is 16.9 Å². The van der Waals surface area contributed by atoms with Gasteiger partial charge >= 0.3 is 0 Å². The monoisotopic (exact) mass is 275 g/mol. The highest BCUT2D eigenvalue weighted by Crippen LogP contribution is 2.21. The number of rotatable bonds is 3. The van der Waals surface area contributed by atoms with Crippen LogP contribution in [-0.4, -0.2) is 9.97 Å². The summed E-state index contributed by atoms with van der Waals surface area (Å²) in [6.07, 6.45) is 0. The lowest BCUT2D eigenvalue weighted by Crippen LogP contribution is -2.11. The van der Waals surface area contributed by atoms with E-state index in [-0.39, 0.29) is 10.6 Å². The van der Waals surface area contributed by atoms with Gasteiger partial charge < -0.3 is 11.1 Å². The number of nitrogens with zero attached hydrogens (tertiary/aromatic N) is 1. The summed E-state index contributed by atoms with van der Waals surface area (Å²) in [4.78, 5) is 4.39. The van der Waals surface area contributed by atoms with Crippen LogP contribution in [0.4, 0.5) is 15.8 Å². The molecule has 3 nitrogen and oxygen atoms in total. The molecule has 0 aliphatic carbocycles. The van der Waals surface area contributed by atoms with Gasteiger partial charge in [0.2, 0.25) is 0 Å². The third-order valence-corrected chi connectivity index (χ3v) is 2.96. The average molecular weight is 275 g/mol. The minimum Gasteiger partial charge on any atom is -0.389 e. The average Bonchev–Trinajstić information content (AvgIpc) is 2.32. The van der Waals surface area contributed by atoms with Gasteiger partial charge in [-0.3, -0.25) is 4.98 Å². The number of pyridine rings is 1. The molecule has 19 heavy (non-hydrogen) atoms. The number of nitrogens with one attached hydrogen (secondary N) is 1. The molecule has 0 amide bonds. The molecule has 0 aliphatic rings. The number of benzene rings is 1. The van der Waals surface area contributed by atoms with Crippen molar-refractivity contribution >= 4 is 28.6 Å². The van der Waals surface area contributed by atoms with E-state index in [1.165, 1.54) is 6.07 Å². The Labute approximate surface area is 116 Å². The van der Waals surface area contributed by atoms with Crippen LogP contribution in [0.5, 0.6) is 0 Å². The fourth-order valence-electron chi connectivity index (χ4n) is 1.77. The largest absolute Gasteiger partial charge is 0.389 e. The fraction of sp³-hybridized carbons (Fsp3) is 0.143. The van der Waals surface area contributed by atoms with Crippen LogP contribution >= 0.6 is 12.2 Å². The predicted octanol–water partition coefficient (Wildman–Crippen LogP) is 3.22. The van der Waals surface area contributed by atoms with Gasteiger partial charge in [0.25, 0.3) is 0 Å². The Balaban J connectivity index is 2.29. The Morgan fingerprint density at radius 2 is 2.00 bits per heavy atom.